The standard InChI is InChI=1S/C23H20N2O4/c1-15-6-3-4-9-20(15)28-14-22(26)24-17-10-11-21-19(13-17)25-23(29-21)16-7-5-8-18(12-16)27-2/h3-13H,14H2,1-2H3,(H,24,26). The molecule has 0 radical (unpaired) electrons. The number of fused-ring (bicyclic) bond motifs is 1. The van der Waals surface area contributed by atoms with Crippen molar-refractivity contribution in [3.8, 4) is 23.0 Å². The van der Waals surface area contributed by atoms with E-state index in [1.807, 2.05) is 55.5 Å². The molecular formula is C23H20N2O4. The third-order valence-corrected chi connectivity index (χ3v) is 4.44. The summed E-state index contributed by atoms with van der Waals surface area (Å²) in [5, 5.41) is 2.83. The highest BCUT2D eigenvalue weighted by molar-refractivity contribution is 5.94. The Balaban J connectivity index is 1.47. The number of oxazole rings is 1. The van der Waals surface area contributed by atoms with Gasteiger partial charge in [-0.25, -0.2) is 4.98 Å². The molecule has 4 rings (SSSR count). The van der Waals surface area contributed by atoms with Gasteiger partial charge in [0.25, 0.3) is 5.91 Å². The average molecular weight is 388 g/mol. The second-order valence-electron chi connectivity index (χ2n) is 6.54. The third-order valence-electron chi connectivity index (χ3n) is 4.44. The number of anilines is 1. The number of aromatic nitrogens is 1. The van der Waals surface area contributed by atoms with Gasteiger partial charge in [-0.3, -0.25) is 4.79 Å². The van der Waals surface area contributed by atoms with Crippen LogP contribution in [0.2, 0.25) is 0 Å². The van der Waals surface area contributed by atoms with Crippen LogP contribution in [0.3, 0.4) is 0 Å². The molecule has 0 aliphatic heterocycles. The highest BCUT2D eigenvalue weighted by Crippen LogP contribution is 2.28. The van der Waals surface area contributed by atoms with E-state index in [2.05, 4.69) is 10.3 Å². The smallest absolute Gasteiger partial charge is 0.262 e. The minimum Gasteiger partial charge on any atom is -0.497 e. The fourth-order valence-electron chi connectivity index (χ4n) is 2.94. The lowest BCUT2D eigenvalue weighted by atomic mass is 10.2. The molecule has 0 unspecified atom stereocenters. The number of benzene rings is 3. The van der Waals surface area contributed by atoms with Crippen molar-refractivity contribution in [1.29, 1.82) is 0 Å². The van der Waals surface area contributed by atoms with Crippen LogP contribution >= 0.6 is 0 Å². The van der Waals surface area contributed by atoms with Crippen LogP contribution in [-0.2, 0) is 4.79 Å². The fourth-order valence-corrected chi connectivity index (χ4v) is 2.94. The minimum atomic E-state index is -0.246. The number of nitrogens with zero attached hydrogens (tertiary/aromatic N) is 1. The number of methoxy groups -OCH3 is 1. The van der Waals surface area contributed by atoms with Crippen LogP contribution in [0.5, 0.6) is 11.5 Å². The summed E-state index contributed by atoms with van der Waals surface area (Å²) in [5.74, 6) is 1.67. The number of carbonyl (C=O) groups excluding carboxylic acids is 1. The van der Waals surface area contributed by atoms with Crippen LogP contribution in [-0.4, -0.2) is 24.6 Å². The average Bonchev–Trinajstić information content (AvgIpc) is 3.17. The molecule has 6 heteroatoms. The normalized spacial score (nSPS) is 10.7. The highest BCUT2D eigenvalue weighted by atomic mass is 16.5. The number of para-hydroxylation sites is 1. The van der Waals surface area contributed by atoms with E-state index < -0.39 is 0 Å². The Hall–Kier alpha value is -3.80. The second kappa shape index (κ2) is 8.06. The summed E-state index contributed by atoms with van der Waals surface area (Å²) >= 11 is 0. The molecule has 146 valence electrons. The molecule has 6 nitrogen and oxygen atoms in total. The molecule has 0 bridgehead atoms. The zero-order chi connectivity index (χ0) is 20.2. The molecule has 0 aliphatic rings. The Morgan fingerprint density at radius 2 is 1.93 bits per heavy atom. The van der Waals surface area contributed by atoms with E-state index in [1.165, 1.54) is 0 Å². The number of rotatable bonds is 6. The van der Waals surface area contributed by atoms with Crippen LogP contribution in [0.4, 0.5) is 5.69 Å². The molecule has 0 atom stereocenters. The quantitative estimate of drug-likeness (QED) is 0.512. The number of ether oxygens (including phenoxy) is 2. The Labute approximate surface area is 168 Å². The Morgan fingerprint density at radius 3 is 2.76 bits per heavy atom. The van der Waals surface area contributed by atoms with Crippen LogP contribution in [0.1, 0.15) is 5.56 Å². The van der Waals surface area contributed by atoms with E-state index in [9.17, 15) is 4.79 Å². The summed E-state index contributed by atoms with van der Waals surface area (Å²) in [5.41, 5.74) is 3.71. The van der Waals surface area contributed by atoms with E-state index >= 15 is 0 Å². The van der Waals surface area contributed by atoms with Gasteiger partial charge in [-0.05, 0) is 55.0 Å². The Morgan fingerprint density at radius 1 is 1.07 bits per heavy atom. The molecule has 1 aromatic heterocycles. The molecule has 0 fully saturated rings. The van der Waals surface area contributed by atoms with E-state index in [0.717, 1.165) is 16.9 Å². The first-order chi connectivity index (χ1) is 14.1. The summed E-state index contributed by atoms with van der Waals surface area (Å²) in [4.78, 5) is 16.8. The predicted molar refractivity (Wildman–Crippen MR) is 111 cm³/mol. The molecule has 0 spiro atoms. The van der Waals surface area contributed by atoms with Gasteiger partial charge in [0.1, 0.15) is 17.0 Å². The molecule has 1 N–H and O–H groups in total. The maximum absolute atomic E-state index is 12.2. The predicted octanol–water partition coefficient (Wildman–Crippen LogP) is 4.83. The summed E-state index contributed by atoms with van der Waals surface area (Å²) in [6, 6.07) is 20.4. The third kappa shape index (κ3) is 4.21. The van der Waals surface area contributed by atoms with Gasteiger partial charge in [0.15, 0.2) is 12.2 Å². The number of aryl methyl sites for hydroxylation is 1. The van der Waals surface area contributed by atoms with E-state index in [1.54, 1.807) is 25.3 Å². The van der Waals surface area contributed by atoms with Crippen molar-refractivity contribution < 1.29 is 18.7 Å². The molecule has 0 saturated heterocycles. The first-order valence-electron chi connectivity index (χ1n) is 9.16. The lowest BCUT2D eigenvalue weighted by Gasteiger charge is -2.09. The van der Waals surface area contributed by atoms with Gasteiger partial charge < -0.3 is 19.2 Å². The largest absolute Gasteiger partial charge is 0.497 e. The number of hydrogen-bond donors (Lipinski definition) is 1. The van der Waals surface area contributed by atoms with Crippen molar-refractivity contribution in [2.45, 2.75) is 6.92 Å². The first-order valence-corrected chi connectivity index (χ1v) is 9.16. The molecule has 1 amide bonds. The van der Waals surface area contributed by atoms with E-state index in [-0.39, 0.29) is 12.5 Å². The van der Waals surface area contributed by atoms with Gasteiger partial charge in [-0.1, -0.05) is 24.3 Å². The summed E-state index contributed by atoms with van der Waals surface area (Å²) in [6.45, 7) is 1.86. The Kier molecular flexibility index (Phi) is 5.16. The molecule has 3 aromatic carbocycles. The monoisotopic (exact) mass is 388 g/mol. The number of carbonyl (C=O) groups is 1. The first kappa shape index (κ1) is 18.6. The van der Waals surface area contributed by atoms with Crippen molar-refractivity contribution in [3.05, 3.63) is 72.3 Å². The zero-order valence-corrected chi connectivity index (χ0v) is 16.1. The van der Waals surface area contributed by atoms with Crippen molar-refractivity contribution in [3.63, 3.8) is 0 Å². The van der Waals surface area contributed by atoms with Crippen LogP contribution in [0, 0.1) is 6.92 Å². The van der Waals surface area contributed by atoms with Crippen LogP contribution in [0.25, 0.3) is 22.6 Å². The SMILES string of the molecule is COc1cccc(-c2nc3cc(NC(=O)COc4ccccc4C)ccc3o2)c1. The van der Waals surface area contributed by atoms with Gasteiger partial charge in [-0.2, -0.15) is 0 Å². The lowest BCUT2D eigenvalue weighted by molar-refractivity contribution is -0.118. The highest BCUT2D eigenvalue weighted by Gasteiger charge is 2.11. The van der Waals surface area contributed by atoms with E-state index in [0.29, 0.717) is 28.4 Å². The topological polar surface area (TPSA) is 73.6 Å². The lowest BCUT2D eigenvalue weighted by Crippen LogP contribution is -2.20. The van der Waals surface area contributed by atoms with Crippen LogP contribution in [0.15, 0.2) is 71.1 Å². The van der Waals surface area contributed by atoms with Crippen molar-refractivity contribution >= 4 is 22.7 Å². The fraction of sp³-hybridized carbons (Fsp3) is 0.130. The van der Waals surface area contributed by atoms with E-state index in [4.69, 9.17) is 13.9 Å². The van der Waals surface area contributed by atoms with Gasteiger partial charge in [0.05, 0.1) is 7.11 Å². The molecule has 0 aliphatic carbocycles. The maximum atomic E-state index is 12.2. The van der Waals surface area contributed by atoms with Gasteiger partial charge in [0, 0.05) is 11.3 Å². The van der Waals surface area contributed by atoms with Crippen LogP contribution < -0.4 is 14.8 Å². The zero-order valence-electron chi connectivity index (χ0n) is 16.1. The summed E-state index contributed by atoms with van der Waals surface area (Å²) in [7, 11) is 1.61. The number of nitrogens with one attached hydrogen (secondary N) is 1. The summed E-state index contributed by atoms with van der Waals surface area (Å²) in [6.07, 6.45) is 0. The maximum Gasteiger partial charge on any atom is 0.262 e. The second-order valence-corrected chi connectivity index (χ2v) is 6.54. The molecule has 0 saturated carbocycles. The molecular weight excluding hydrogens is 368 g/mol. The summed E-state index contributed by atoms with van der Waals surface area (Å²) < 4.78 is 16.7. The van der Waals surface area contributed by atoms with Gasteiger partial charge in [-0.15, -0.1) is 0 Å². The van der Waals surface area contributed by atoms with Gasteiger partial charge in [0.2, 0.25) is 5.89 Å². The van der Waals surface area contributed by atoms with Crippen molar-refractivity contribution in [1.82, 2.24) is 4.98 Å². The minimum absolute atomic E-state index is 0.0727. The number of amides is 1. The number of hydrogen-bond acceptors (Lipinski definition) is 5. The Bertz CT molecular complexity index is 1170. The molecule has 1 heterocycles. The molecule has 29 heavy (non-hydrogen) atoms. The molecule has 4 aromatic rings. The van der Waals surface area contributed by atoms with Gasteiger partial charge >= 0.3 is 0 Å². The van der Waals surface area contributed by atoms with Crippen molar-refractivity contribution in [2.24, 2.45) is 0 Å². The van der Waals surface area contributed by atoms with Crippen molar-refractivity contribution in [2.75, 3.05) is 19.0 Å².